The lowest BCUT2D eigenvalue weighted by atomic mass is 10.1. The van der Waals surface area contributed by atoms with Crippen LogP contribution in [-0.2, 0) is 13.0 Å². The van der Waals surface area contributed by atoms with Gasteiger partial charge in [0, 0.05) is 38.5 Å². The van der Waals surface area contributed by atoms with Gasteiger partial charge >= 0.3 is 0 Å². The highest BCUT2D eigenvalue weighted by molar-refractivity contribution is 9.10. The Hall–Kier alpha value is -0.550. The number of hydrogen-bond acceptors (Lipinski definition) is 3. The fourth-order valence-electron chi connectivity index (χ4n) is 2.05. The van der Waals surface area contributed by atoms with E-state index in [0.29, 0.717) is 0 Å². The molecule has 2 nitrogen and oxygen atoms in total. The van der Waals surface area contributed by atoms with Gasteiger partial charge in [-0.3, -0.25) is 0 Å². The maximum absolute atomic E-state index is 6.34. The van der Waals surface area contributed by atoms with Crippen molar-refractivity contribution in [1.29, 1.82) is 0 Å². The number of benzene rings is 1. The molecule has 108 valence electrons. The third-order valence-electron chi connectivity index (χ3n) is 3.03. The van der Waals surface area contributed by atoms with Crippen LogP contribution in [0.15, 0.2) is 34.1 Å². The molecule has 1 unspecified atom stereocenters. The van der Waals surface area contributed by atoms with E-state index in [1.807, 2.05) is 13.0 Å². The maximum atomic E-state index is 6.34. The summed E-state index contributed by atoms with van der Waals surface area (Å²) in [6.45, 7) is 2.87. The highest BCUT2D eigenvalue weighted by Gasteiger charge is 2.08. The Bertz CT molecular complexity index is 583. The lowest BCUT2D eigenvalue weighted by molar-refractivity contribution is 0.738. The molecule has 1 aromatic carbocycles. The van der Waals surface area contributed by atoms with Crippen LogP contribution in [0.2, 0.25) is 5.02 Å². The van der Waals surface area contributed by atoms with Crippen molar-refractivity contribution in [2.24, 2.45) is 5.73 Å². The second-order valence-corrected chi connectivity index (χ2v) is 7.36. The number of nitrogens with two attached hydrogens (primary N) is 1. The minimum absolute atomic E-state index is 0.125. The van der Waals surface area contributed by atoms with E-state index in [2.05, 4.69) is 51.5 Å². The second-order valence-electron chi connectivity index (χ2n) is 5.04. The molecule has 0 radical (unpaired) electrons. The number of thiophene rings is 1. The van der Waals surface area contributed by atoms with E-state index >= 15 is 0 Å². The first-order valence-electron chi connectivity index (χ1n) is 6.43. The largest absolute Gasteiger partial charge is 0.369 e. The molecule has 0 aliphatic rings. The Morgan fingerprint density at radius 3 is 2.70 bits per heavy atom. The molecule has 5 heteroatoms. The summed E-state index contributed by atoms with van der Waals surface area (Å²) in [5.41, 5.74) is 8.05. The van der Waals surface area contributed by atoms with Gasteiger partial charge in [0.2, 0.25) is 0 Å². The van der Waals surface area contributed by atoms with Gasteiger partial charge in [-0.2, -0.15) is 0 Å². The van der Waals surface area contributed by atoms with Gasteiger partial charge < -0.3 is 10.6 Å². The summed E-state index contributed by atoms with van der Waals surface area (Å²) >= 11 is 11.6. The molecule has 2 N–H and O–H groups in total. The van der Waals surface area contributed by atoms with Gasteiger partial charge in [-0.1, -0.05) is 17.7 Å². The van der Waals surface area contributed by atoms with E-state index in [4.69, 9.17) is 17.3 Å². The summed E-state index contributed by atoms with van der Waals surface area (Å²) in [4.78, 5) is 3.51. The Kier molecular flexibility index (Phi) is 5.49. The highest BCUT2D eigenvalue weighted by atomic mass is 79.9. The van der Waals surface area contributed by atoms with Gasteiger partial charge in [0.1, 0.15) is 0 Å². The molecule has 0 bridgehead atoms. The molecule has 2 rings (SSSR count). The second kappa shape index (κ2) is 6.94. The molecule has 0 saturated heterocycles. The van der Waals surface area contributed by atoms with E-state index in [9.17, 15) is 0 Å². The van der Waals surface area contributed by atoms with Crippen molar-refractivity contribution in [2.45, 2.75) is 25.9 Å². The van der Waals surface area contributed by atoms with Gasteiger partial charge in [0.25, 0.3) is 0 Å². The fraction of sp³-hybridized carbons (Fsp3) is 0.333. The quantitative estimate of drug-likeness (QED) is 0.823. The van der Waals surface area contributed by atoms with Crippen molar-refractivity contribution in [3.63, 3.8) is 0 Å². The van der Waals surface area contributed by atoms with Crippen LogP contribution in [0.4, 0.5) is 5.69 Å². The number of nitrogens with zero attached hydrogens (tertiary/aromatic N) is 1. The van der Waals surface area contributed by atoms with Crippen molar-refractivity contribution < 1.29 is 0 Å². The van der Waals surface area contributed by atoms with E-state index in [1.54, 1.807) is 11.3 Å². The number of rotatable bonds is 5. The molecule has 1 atom stereocenters. The Labute approximate surface area is 137 Å². The van der Waals surface area contributed by atoms with Crippen LogP contribution >= 0.6 is 38.9 Å². The Morgan fingerprint density at radius 1 is 1.40 bits per heavy atom. The van der Waals surface area contributed by atoms with Crippen molar-refractivity contribution in [3.05, 3.63) is 49.6 Å². The molecular formula is C15H18BrClN2S. The topological polar surface area (TPSA) is 29.3 Å². The van der Waals surface area contributed by atoms with E-state index in [-0.39, 0.29) is 6.04 Å². The first-order valence-corrected chi connectivity index (χ1v) is 8.49. The molecule has 0 fully saturated rings. The van der Waals surface area contributed by atoms with Crippen LogP contribution in [0.25, 0.3) is 0 Å². The standard InChI is InChI=1S/C15H18BrClN2S/c1-10(18)5-11-3-4-13(7-15(11)17)19(2)8-14-6-12(16)9-20-14/h3-4,6-7,9-10H,5,8,18H2,1-2H3. The van der Waals surface area contributed by atoms with Crippen LogP contribution in [0, 0.1) is 0 Å². The minimum Gasteiger partial charge on any atom is -0.369 e. The number of hydrogen-bond donors (Lipinski definition) is 1. The summed E-state index contributed by atoms with van der Waals surface area (Å²) in [5.74, 6) is 0. The molecule has 20 heavy (non-hydrogen) atoms. The molecule has 0 aliphatic heterocycles. The van der Waals surface area contributed by atoms with Gasteiger partial charge in [-0.05, 0) is 53.0 Å². The first kappa shape index (κ1) is 15.8. The summed E-state index contributed by atoms with van der Waals surface area (Å²) < 4.78 is 1.14. The van der Waals surface area contributed by atoms with Crippen molar-refractivity contribution >= 4 is 44.6 Å². The Morgan fingerprint density at radius 2 is 2.15 bits per heavy atom. The third-order valence-corrected chi connectivity index (χ3v) is 5.07. The van der Waals surface area contributed by atoms with E-state index in [0.717, 1.165) is 33.7 Å². The van der Waals surface area contributed by atoms with Crippen LogP contribution < -0.4 is 10.6 Å². The van der Waals surface area contributed by atoms with Crippen molar-refractivity contribution in [3.8, 4) is 0 Å². The zero-order valence-corrected chi connectivity index (χ0v) is 14.7. The molecule has 2 aromatic rings. The Balaban J connectivity index is 2.10. The van der Waals surface area contributed by atoms with Crippen LogP contribution in [0.3, 0.4) is 0 Å². The molecule has 0 amide bonds. The normalized spacial score (nSPS) is 12.4. The van der Waals surface area contributed by atoms with E-state index < -0.39 is 0 Å². The number of halogens is 2. The highest BCUT2D eigenvalue weighted by Crippen LogP contribution is 2.27. The van der Waals surface area contributed by atoms with Crippen LogP contribution in [0.5, 0.6) is 0 Å². The average Bonchev–Trinajstić information content (AvgIpc) is 2.76. The lowest BCUT2D eigenvalue weighted by Gasteiger charge is -2.20. The van der Waals surface area contributed by atoms with Crippen molar-refractivity contribution in [2.75, 3.05) is 11.9 Å². The molecular weight excluding hydrogens is 356 g/mol. The fourth-order valence-corrected chi connectivity index (χ4v) is 3.80. The summed E-state index contributed by atoms with van der Waals surface area (Å²) in [7, 11) is 2.07. The minimum atomic E-state index is 0.125. The van der Waals surface area contributed by atoms with Crippen LogP contribution in [-0.4, -0.2) is 13.1 Å². The third kappa shape index (κ3) is 4.22. The molecule has 1 aromatic heterocycles. The molecule has 0 saturated carbocycles. The predicted octanol–water partition coefficient (Wildman–Crippen LogP) is 4.69. The average molecular weight is 374 g/mol. The number of anilines is 1. The molecule has 1 heterocycles. The lowest BCUT2D eigenvalue weighted by Crippen LogP contribution is -2.18. The summed E-state index contributed by atoms with van der Waals surface area (Å²) in [5, 5.41) is 2.89. The van der Waals surface area contributed by atoms with E-state index in [1.165, 1.54) is 4.88 Å². The zero-order valence-electron chi connectivity index (χ0n) is 11.6. The van der Waals surface area contributed by atoms with Gasteiger partial charge in [-0.15, -0.1) is 11.3 Å². The first-order chi connectivity index (χ1) is 9.45. The summed E-state index contributed by atoms with van der Waals surface area (Å²) in [6.07, 6.45) is 0.806. The predicted molar refractivity (Wildman–Crippen MR) is 92.9 cm³/mol. The van der Waals surface area contributed by atoms with Crippen LogP contribution in [0.1, 0.15) is 17.4 Å². The summed E-state index contributed by atoms with van der Waals surface area (Å²) in [6, 6.07) is 8.46. The van der Waals surface area contributed by atoms with Gasteiger partial charge in [0.15, 0.2) is 0 Å². The SMILES string of the molecule is CC(N)Cc1ccc(N(C)Cc2cc(Br)cs2)cc1Cl. The zero-order chi connectivity index (χ0) is 14.7. The van der Waals surface area contributed by atoms with Crippen molar-refractivity contribution in [1.82, 2.24) is 0 Å². The molecule has 0 spiro atoms. The molecule has 0 aliphatic carbocycles. The van der Waals surface area contributed by atoms with Gasteiger partial charge in [-0.25, -0.2) is 0 Å². The monoisotopic (exact) mass is 372 g/mol. The van der Waals surface area contributed by atoms with Gasteiger partial charge in [0.05, 0.1) is 6.54 Å². The smallest absolute Gasteiger partial charge is 0.0519 e. The maximum Gasteiger partial charge on any atom is 0.0519 e.